The zero-order valence-electron chi connectivity index (χ0n) is 16.6. The normalized spacial score (nSPS) is 38.1. The molecule has 1 amide bonds. The molecule has 5 atom stereocenters. The Hall–Kier alpha value is -1.59. The average molecular weight is 370 g/mol. The highest BCUT2D eigenvalue weighted by molar-refractivity contribution is 5.98. The predicted octanol–water partition coefficient (Wildman–Crippen LogP) is 2.70. The van der Waals surface area contributed by atoms with Crippen molar-refractivity contribution in [1.82, 2.24) is 4.90 Å². The zero-order chi connectivity index (χ0) is 19.0. The summed E-state index contributed by atoms with van der Waals surface area (Å²) in [6, 6.07) is 6.72. The molecule has 0 radical (unpaired) electrons. The molecule has 3 fully saturated rings. The Labute approximate surface area is 161 Å². The van der Waals surface area contributed by atoms with Gasteiger partial charge in [0.2, 0.25) is 5.91 Å². The molecule has 5 nitrogen and oxygen atoms in total. The molecule has 1 unspecified atom stereocenters. The van der Waals surface area contributed by atoms with Crippen molar-refractivity contribution in [3.05, 3.63) is 23.8 Å². The fourth-order valence-electron chi connectivity index (χ4n) is 7.37. The van der Waals surface area contributed by atoms with E-state index in [1.165, 1.54) is 5.56 Å². The lowest BCUT2D eigenvalue weighted by molar-refractivity contribution is -0.120. The Bertz CT molecular complexity index is 794. The van der Waals surface area contributed by atoms with Crippen LogP contribution in [-0.2, 0) is 10.2 Å². The molecular formula is C22H30N2O3. The summed E-state index contributed by atoms with van der Waals surface area (Å²) in [5.41, 5.74) is 2.08. The molecule has 1 aliphatic carbocycles. The molecule has 1 aromatic rings. The maximum atomic E-state index is 12.8. The van der Waals surface area contributed by atoms with E-state index in [1.807, 2.05) is 17.9 Å². The van der Waals surface area contributed by atoms with Gasteiger partial charge in [-0.3, -0.25) is 9.69 Å². The third-order valence-electron chi connectivity index (χ3n) is 8.22. The number of amides is 1. The van der Waals surface area contributed by atoms with Crippen molar-refractivity contribution in [3.8, 4) is 5.75 Å². The number of aliphatic hydroxyl groups is 1. The number of nitrogens with zero attached hydrogens (tertiary/aromatic N) is 2. The van der Waals surface area contributed by atoms with Crippen molar-refractivity contribution in [2.24, 2.45) is 5.41 Å². The molecule has 4 aliphatic rings. The summed E-state index contributed by atoms with van der Waals surface area (Å²) in [5, 5.41) is 10.9. The first-order chi connectivity index (χ1) is 13.0. The molecule has 1 spiro atoms. The van der Waals surface area contributed by atoms with Gasteiger partial charge < -0.3 is 14.7 Å². The van der Waals surface area contributed by atoms with Crippen LogP contribution in [0.5, 0.6) is 5.75 Å². The number of aliphatic hydroxyl groups excluding tert-OH is 1. The molecule has 2 saturated heterocycles. The Morgan fingerprint density at radius 1 is 1.30 bits per heavy atom. The summed E-state index contributed by atoms with van der Waals surface area (Å²) in [7, 11) is 1.69. The van der Waals surface area contributed by atoms with Gasteiger partial charge in [-0.15, -0.1) is 0 Å². The van der Waals surface area contributed by atoms with Crippen LogP contribution in [0, 0.1) is 5.41 Å². The van der Waals surface area contributed by atoms with Crippen LogP contribution in [0.2, 0.25) is 0 Å². The number of fused-ring (bicyclic) bond motifs is 1. The standard InChI is InChI=1S/C22H30N2O3/c1-14(25)21-9-5-12-23-13-11-22(20(21)23)16-6-4-7-17(27-3)19(16)24(15(2)26)18(22)8-10-21/h4,6-7,14,18,20,25H,5,8-13H2,1-3H3/t14?,18-,20-,21-,22-/m1/s1. The summed E-state index contributed by atoms with van der Waals surface area (Å²) in [5.74, 6) is 0.893. The predicted molar refractivity (Wildman–Crippen MR) is 104 cm³/mol. The Morgan fingerprint density at radius 3 is 2.81 bits per heavy atom. The minimum Gasteiger partial charge on any atom is -0.495 e. The summed E-state index contributed by atoms with van der Waals surface area (Å²) in [6.45, 7) is 5.82. The molecule has 0 aromatic heterocycles. The lowest BCUT2D eigenvalue weighted by atomic mass is 9.51. The number of piperidine rings is 1. The third kappa shape index (κ3) is 1.94. The Morgan fingerprint density at radius 2 is 2.11 bits per heavy atom. The van der Waals surface area contributed by atoms with Crippen molar-refractivity contribution in [2.75, 3.05) is 25.1 Å². The lowest BCUT2D eigenvalue weighted by Gasteiger charge is -2.59. The minimum absolute atomic E-state index is 0.0710. The highest BCUT2D eigenvalue weighted by Gasteiger charge is 2.70. The number of rotatable bonds is 2. The van der Waals surface area contributed by atoms with Gasteiger partial charge >= 0.3 is 0 Å². The van der Waals surface area contributed by atoms with E-state index in [-0.39, 0.29) is 28.9 Å². The van der Waals surface area contributed by atoms with Gasteiger partial charge in [0, 0.05) is 29.8 Å². The topological polar surface area (TPSA) is 53.0 Å². The number of carbonyl (C=O) groups excluding carboxylic acids is 1. The van der Waals surface area contributed by atoms with Gasteiger partial charge in [-0.1, -0.05) is 12.1 Å². The van der Waals surface area contributed by atoms with Crippen LogP contribution in [-0.4, -0.2) is 54.3 Å². The third-order valence-corrected chi connectivity index (χ3v) is 8.22. The van der Waals surface area contributed by atoms with Crippen LogP contribution in [0.1, 0.15) is 51.5 Å². The molecule has 5 rings (SSSR count). The number of carbonyl (C=O) groups is 1. The fraction of sp³-hybridized carbons (Fsp3) is 0.682. The Kier molecular flexibility index (Phi) is 3.70. The molecule has 3 aliphatic heterocycles. The number of benzene rings is 1. The van der Waals surface area contributed by atoms with E-state index in [4.69, 9.17) is 4.74 Å². The lowest BCUT2D eigenvalue weighted by Crippen LogP contribution is -2.67. The summed E-state index contributed by atoms with van der Waals surface area (Å²) in [4.78, 5) is 17.4. The molecule has 5 heteroatoms. The molecule has 27 heavy (non-hydrogen) atoms. The number of hydrogen-bond donors (Lipinski definition) is 1. The molecular weight excluding hydrogens is 340 g/mol. The van der Waals surface area contributed by atoms with E-state index in [2.05, 4.69) is 17.0 Å². The first kappa shape index (κ1) is 17.5. The summed E-state index contributed by atoms with van der Waals surface area (Å²) < 4.78 is 5.70. The van der Waals surface area contributed by atoms with Crippen LogP contribution in [0.3, 0.4) is 0 Å². The van der Waals surface area contributed by atoms with Gasteiger partial charge in [0.25, 0.3) is 0 Å². The SMILES string of the molecule is COc1cccc2c1N(C(C)=O)[C@@H]1CC[C@@]3(C(C)O)CCCN4CC[C@@]21[C@H]43. The van der Waals surface area contributed by atoms with Crippen molar-refractivity contribution >= 4 is 11.6 Å². The van der Waals surface area contributed by atoms with Crippen molar-refractivity contribution in [3.63, 3.8) is 0 Å². The van der Waals surface area contributed by atoms with Crippen molar-refractivity contribution in [1.29, 1.82) is 0 Å². The van der Waals surface area contributed by atoms with Crippen LogP contribution in [0.25, 0.3) is 0 Å². The van der Waals surface area contributed by atoms with Crippen molar-refractivity contribution in [2.45, 2.75) is 69.6 Å². The van der Waals surface area contributed by atoms with Gasteiger partial charge in [-0.05, 0) is 63.7 Å². The average Bonchev–Trinajstić information content (AvgIpc) is 3.19. The smallest absolute Gasteiger partial charge is 0.224 e. The van der Waals surface area contributed by atoms with Gasteiger partial charge in [-0.25, -0.2) is 0 Å². The van der Waals surface area contributed by atoms with Crippen molar-refractivity contribution < 1.29 is 14.6 Å². The van der Waals surface area contributed by atoms with Gasteiger partial charge in [0.15, 0.2) is 0 Å². The summed E-state index contributed by atoms with van der Waals surface area (Å²) in [6.07, 6.45) is 4.90. The largest absolute Gasteiger partial charge is 0.495 e. The fourth-order valence-corrected chi connectivity index (χ4v) is 7.37. The molecule has 146 valence electrons. The quantitative estimate of drug-likeness (QED) is 0.870. The maximum absolute atomic E-state index is 12.8. The van der Waals surface area contributed by atoms with E-state index < -0.39 is 0 Å². The number of ether oxygens (including phenoxy) is 1. The highest BCUT2D eigenvalue weighted by atomic mass is 16.5. The van der Waals surface area contributed by atoms with Crippen LogP contribution < -0.4 is 9.64 Å². The van der Waals surface area contributed by atoms with E-state index in [1.54, 1.807) is 14.0 Å². The molecule has 1 saturated carbocycles. The van der Waals surface area contributed by atoms with Gasteiger partial charge in [0.05, 0.1) is 18.9 Å². The first-order valence-corrected chi connectivity index (χ1v) is 10.4. The van der Waals surface area contributed by atoms with E-state index in [0.29, 0.717) is 6.04 Å². The second-order valence-electron chi connectivity index (χ2n) is 9.04. The van der Waals surface area contributed by atoms with Gasteiger partial charge in [-0.2, -0.15) is 0 Å². The molecule has 1 aromatic carbocycles. The monoisotopic (exact) mass is 370 g/mol. The Balaban J connectivity index is 1.77. The highest BCUT2D eigenvalue weighted by Crippen LogP contribution is 2.66. The number of para-hydroxylation sites is 1. The second kappa shape index (κ2) is 5.71. The van der Waals surface area contributed by atoms with E-state index in [0.717, 1.165) is 56.6 Å². The summed E-state index contributed by atoms with van der Waals surface area (Å²) >= 11 is 0. The zero-order valence-corrected chi connectivity index (χ0v) is 16.6. The molecule has 1 N–H and O–H groups in total. The van der Waals surface area contributed by atoms with Crippen LogP contribution in [0.15, 0.2) is 18.2 Å². The first-order valence-electron chi connectivity index (χ1n) is 10.4. The second-order valence-corrected chi connectivity index (χ2v) is 9.04. The minimum atomic E-state index is -0.332. The molecule has 0 bridgehead atoms. The van der Waals surface area contributed by atoms with E-state index >= 15 is 0 Å². The number of hydrogen-bond acceptors (Lipinski definition) is 4. The molecule has 3 heterocycles. The van der Waals surface area contributed by atoms with E-state index in [9.17, 15) is 9.90 Å². The van der Waals surface area contributed by atoms with Crippen LogP contribution >= 0.6 is 0 Å². The number of anilines is 1. The number of methoxy groups -OCH3 is 1. The van der Waals surface area contributed by atoms with Gasteiger partial charge in [0.1, 0.15) is 5.75 Å². The maximum Gasteiger partial charge on any atom is 0.224 e. The van der Waals surface area contributed by atoms with Crippen LogP contribution in [0.4, 0.5) is 5.69 Å².